The minimum atomic E-state index is 0.120. The zero-order chi connectivity index (χ0) is 18.7. The third-order valence-corrected chi connectivity index (χ3v) is 5.73. The highest BCUT2D eigenvalue weighted by Gasteiger charge is 2.41. The Labute approximate surface area is 159 Å². The lowest BCUT2D eigenvalue weighted by Crippen LogP contribution is -2.54. The number of nitriles is 1. The minimum absolute atomic E-state index is 0.120. The maximum absolute atomic E-state index is 12.5. The van der Waals surface area contributed by atoms with Crippen molar-refractivity contribution < 1.29 is 4.79 Å². The Kier molecular flexibility index (Phi) is 4.76. The van der Waals surface area contributed by atoms with Crippen LogP contribution in [0.1, 0.15) is 36.8 Å². The van der Waals surface area contributed by atoms with Gasteiger partial charge in [0, 0.05) is 56.6 Å². The second-order valence-corrected chi connectivity index (χ2v) is 7.65. The van der Waals surface area contributed by atoms with Gasteiger partial charge in [-0.05, 0) is 49.1 Å². The summed E-state index contributed by atoms with van der Waals surface area (Å²) in [6.07, 6.45) is 8.97. The molecular weight excluding hydrogens is 338 g/mol. The van der Waals surface area contributed by atoms with E-state index in [0.717, 1.165) is 50.3 Å². The fourth-order valence-electron chi connectivity index (χ4n) is 4.33. The molecule has 2 aromatic rings. The van der Waals surface area contributed by atoms with Crippen LogP contribution in [0.3, 0.4) is 0 Å². The molecular formula is C21H23N5O. The standard InChI is InChI=1S/C21H23N5O/c22-12-18-2-3-19(24-13-18)25-11-1-7-21(15-25)8-4-20(27)26(16-21)14-17-5-9-23-10-6-17/h2-3,5-6,9-10,13H,1,4,7-8,11,14-16H2/t21-/m0/s1. The number of nitrogens with zero attached hydrogens (tertiary/aromatic N) is 5. The third-order valence-electron chi connectivity index (χ3n) is 5.73. The fourth-order valence-corrected chi connectivity index (χ4v) is 4.33. The summed E-state index contributed by atoms with van der Waals surface area (Å²) in [5.74, 6) is 1.16. The second-order valence-electron chi connectivity index (χ2n) is 7.65. The van der Waals surface area contributed by atoms with Gasteiger partial charge >= 0.3 is 0 Å². The first kappa shape index (κ1) is 17.5. The predicted molar refractivity (Wildman–Crippen MR) is 102 cm³/mol. The number of anilines is 1. The average molecular weight is 361 g/mol. The summed E-state index contributed by atoms with van der Waals surface area (Å²) in [5, 5.41) is 8.97. The molecule has 0 unspecified atom stereocenters. The van der Waals surface area contributed by atoms with Gasteiger partial charge in [-0.3, -0.25) is 9.78 Å². The number of hydrogen-bond donors (Lipinski definition) is 0. The van der Waals surface area contributed by atoms with Crippen LogP contribution in [0, 0.1) is 16.7 Å². The zero-order valence-electron chi connectivity index (χ0n) is 15.3. The number of piperidine rings is 2. The molecule has 0 bridgehead atoms. The van der Waals surface area contributed by atoms with Crippen LogP contribution in [0.25, 0.3) is 0 Å². The van der Waals surface area contributed by atoms with E-state index in [0.29, 0.717) is 18.5 Å². The monoisotopic (exact) mass is 361 g/mol. The molecule has 4 heterocycles. The van der Waals surface area contributed by atoms with Gasteiger partial charge in [0.1, 0.15) is 11.9 Å². The molecule has 6 heteroatoms. The van der Waals surface area contributed by atoms with E-state index in [-0.39, 0.29) is 11.3 Å². The highest BCUT2D eigenvalue weighted by Crippen LogP contribution is 2.40. The second kappa shape index (κ2) is 7.36. The SMILES string of the molecule is N#Cc1ccc(N2CCC[C@]3(CCC(=O)N(Cc4ccncc4)C3)C2)nc1. The van der Waals surface area contributed by atoms with Crippen molar-refractivity contribution in [2.24, 2.45) is 5.41 Å². The van der Waals surface area contributed by atoms with Crippen molar-refractivity contribution >= 4 is 11.7 Å². The summed E-state index contributed by atoms with van der Waals surface area (Å²) in [5.41, 5.74) is 1.82. The first-order valence-electron chi connectivity index (χ1n) is 9.45. The predicted octanol–water partition coefficient (Wildman–Crippen LogP) is 2.76. The van der Waals surface area contributed by atoms with Gasteiger partial charge in [0.2, 0.25) is 5.91 Å². The maximum Gasteiger partial charge on any atom is 0.222 e. The molecule has 1 amide bonds. The van der Waals surface area contributed by atoms with Gasteiger partial charge in [-0.1, -0.05) is 0 Å². The quantitative estimate of drug-likeness (QED) is 0.840. The summed E-state index contributed by atoms with van der Waals surface area (Å²) in [7, 11) is 0. The molecule has 2 aliphatic rings. The molecule has 0 aromatic carbocycles. The summed E-state index contributed by atoms with van der Waals surface area (Å²) in [6, 6.07) is 9.82. The van der Waals surface area contributed by atoms with Crippen molar-refractivity contribution in [2.75, 3.05) is 24.5 Å². The topological polar surface area (TPSA) is 73.1 Å². The van der Waals surface area contributed by atoms with Crippen LogP contribution in [0.2, 0.25) is 0 Å². The van der Waals surface area contributed by atoms with Crippen molar-refractivity contribution in [3.05, 3.63) is 54.0 Å². The van der Waals surface area contributed by atoms with E-state index >= 15 is 0 Å². The van der Waals surface area contributed by atoms with E-state index in [1.165, 1.54) is 0 Å². The van der Waals surface area contributed by atoms with Gasteiger partial charge < -0.3 is 9.80 Å². The van der Waals surface area contributed by atoms with Crippen LogP contribution >= 0.6 is 0 Å². The van der Waals surface area contributed by atoms with E-state index in [4.69, 9.17) is 5.26 Å². The van der Waals surface area contributed by atoms with E-state index in [2.05, 4.69) is 20.9 Å². The van der Waals surface area contributed by atoms with Gasteiger partial charge in [-0.15, -0.1) is 0 Å². The van der Waals surface area contributed by atoms with Gasteiger partial charge in [-0.2, -0.15) is 5.26 Å². The summed E-state index contributed by atoms with van der Waals surface area (Å²) >= 11 is 0. The Morgan fingerprint density at radius 1 is 1.15 bits per heavy atom. The Morgan fingerprint density at radius 2 is 2.00 bits per heavy atom. The molecule has 2 aliphatic heterocycles. The molecule has 2 saturated heterocycles. The lowest BCUT2D eigenvalue weighted by Gasteiger charge is -2.48. The highest BCUT2D eigenvalue weighted by molar-refractivity contribution is 5.77. The number of aromatic nitrogens is 2. The number of hydrogen-bond acceptors (Lipinski definition) is 5. The summed E-state index contributed by atoms with van der Waals surface area (Å²) < 4.78 is 0. The van der Waals surface area contributed by atoms with Crippen LogP contribution in [0.4, 0.5) is 5.82 Å². The van der Waals surface area contributed by atoms with E-state index in [1.54, 1.807) is 18.6 Å². The van der Waals surface area contributed by atoms with Crippen LogP contribution in [-0.4, -0.2) is 40.4 Å². The van der Waals surface area contributed by atoms with Crippen molar-refractivity contribution in [1.82, 2.24) is 14.9 Å². The molecule has 27 heavy (non-hydrogen) atoms. The molecule has 2 fully saturated rings. The number of carbonyl (C=O) groups is 1. The fraction of sp³-hybridized carbons (Fsp3) is 0.429. The summed E-state index contributed by atoms with van der Waals surface area (Å²) in [6.45, 7) is 3.32. The molecule has 6 nitrogen and oxygen atoms in total. The molecule has 0 radical (unpaired) electrons. The smallest absolute Gasteiger partial charge is 0.222 e. The van der Waals surface area contributed by atoms with E-state index in [1.807, 2.05) is 29.2 Å². The molecule has 1 spiro atoms. The third kappa shape index (κ3) is 3.77. The average Bonchev–Trinajstić information content (AvgIpc) is 2.72. The molecule has 2 aromatic heterocycles. The lowest BCUT2D eigenvalue weighted by atomic mass is 9.73. The van der Waals surface area contributed by atoms with Crippen LogP contribution in [-0.2, 0) is 11.3 Å². The van der Waals surface area contributed by atoms with E-state index in [9.17, 15) is 4.79 Å². The Hall–Kier alpha value is -2.94. The normalized spacial score (nSPS) is 22.7. The van der Waals surface area contributed by atoms with Crippen LogP contribution in [0.15, 0.2) is 42.9 Å². The lowest BCUT2D eigenvalue weighted by molar-refractivity contribution is -0.138. The molecule has 0 aliphatic carbocycles. The molecule has 4 rings (SSSR count). The van der Waals surface area contributed by atoms with Crippen LogP contribution < -0.4 is 4.90 Å². The Bertz CT molecular complexity index is 845. The number of pyridine rings is 2. The number of carbonyl (C=O) groups excluding carboxylic acids is 1. The molecule has 138 valence electrons. The van der Waals surface area contributed by atoms with E-state index < -0.39 is 0 Å². The minimum Gasteiger partial charge on any atom is -0.356 e. The van der Waals surface area contributed by atoms with Crippen molar-refractivity contribution in [3.63, 3.8) is 0 Å². The summed E-state index contributed by atoms with van der Waals surface area (Å²) in [4.78, 5) is 25.3. The van der Waals surface area contributed by atoms with Crippen molar-refractivity contribution in [3.8, 4) is 6.07 Å². The Balaban J connectivity index is 1.49. The maximum atomic E-state index is 12.5. The molecule has 1 atom stereocenters. The number of amides is 1. The van der Waals surface area contributed by atoms with Gasteiger partial charge in [-0.25, -0.2) is 4.98 Å². The molecule has 0 N–H and O–H groups in total. The zero-order valence-corrected chi connectivity index (χ0v) is 15.3. The first-order valence-corrected chi connectivity index (χ1v) is 9.45. The largest absolute Gasteiger partial charge is 0.356 e. The van der Waals surface area contributed by atoms with Gasteiger partial charge in [0.25, 0.3) is 0 Å². The van der Waals surface area contributed by atoms with Crippen LogP contribution in [0.5, 0.6) is 0 Å². The number of likely N-dealkylation sites (tertiary alicyclic amines) is 1. The van der Waals surface area contributed by atoms with Gasteiger partial charge in [0.05, 0.1) is 5.56 Å². The number of rotatable bonds is 3. The molecule has 0 saturated carbocycles. The van der Waals surface area contributed by atoms with Gasteiger partial charge in [0.15, 0.2) is 0 Å². The highest BCUT2D eigenvalue weighted by atomic mass is 16.2. The van der Waals surface area contributed by atoms with Crippen molar-refractivity contribution in [2.45, 2.75) is 32.2 Å². The van der Waals surface area contributed by atoms with Crippen molar-refractivity contribution in [1.29, 1.82) is 5.26 Å². The first-order chi connectivity index (χ1) is 13.2. The Morgan fingerprint density at radius 3 is 2.74 bits per heavy atom.